The molecule has 0 spiro atoms. The van der Waals surface area contributed by atoms with Gasteiger partial charge in [0.15, 0.2) is 0 Å². The molecular weight excluding hydrogens is 236 g/mol. The molecule has 0 saturated heterocycles. The van der Waals surface area contributed by atoms with Gasteiger partial charge in [-0.25, -0.2) is 0 Å². The number of carbonyl (C=O) groups is 1. The van der Waals surface area contributed by atoms with E-state index in [0.717, 1.165) is 37.8 Å². The Labute approximate surface area is 116 Å². The topological polar surface area (TPSA) is 46.3 Å². The molecule has 0 unspecified atom stereocenters. The maximum Gasteiger partial charge on any atom is 0.253 e. The highest BCUT2D eigenvalue weighted by Gasteiger charge is 2.13. The van der Waals surface area contributed by atoms with E-state index in [-0.39, 0.29) is 5.91 Å². The van der Waals surface area contributed by atoms with Crippen LogP contribution < -0.4 is 5.73 Å². The van der Waals surface area contributed by atoms with Crippen LogP contribution in [0.1, 0.15) is 41.6 Å². The van der Waals surface area contributed by atoms with Crippen LogP contribution in [0.4, 0.5) is 5.69 Å². The molecule has 3 nitrogen and oxygen atoms in total. The Morgan fingerprint density at radius 1 is 1.37 bits per heavy atom. The molecule has 0 aliphatic rings. The number of hydrogen-bond acceptors (Lipinski definition) is 2. The normalized spacial score (nSPS) is 10.2. The molecule has 0 aromatic heterocycles. The second-order valence-corrected chi connectivity index (χ2v) is 4.94. The van der Waals surface area contributed by atoms with E-state index in [0.29, 0.717) is 11.3 Å². The number of nitrogens with zero attached hydrogens (tertiary/aromatic N) is 1. The Bertz CT molecular complexity index is 440. The van der Waals surface area contributed by atoms with Crippen molar-refractivity contribution in [3.05, 3.63) is 42.0 Å². The molecule has 0 radical (unpaired) electrons. The predicted molar refractivity (Wildman–Crippen MR) is 81.2 cm³/mol. The molecule has 0 bridgehead atoms. The summed E-state index contributed by atoms with van der Waals surface area (Å²) in [6, 6.07) is 5.47. The Morgan fingerprint density at radius 3 is 2.79 bits per heavy atom. The highest BCUT2D eigenvalue weighted by atomic mass is 16.2. The van der Waals surface area contributed by atoms with E-state index >= 15 is 0 Å². The predicted octanol–water partition coefficient (Wildman–Crippen LogP) is 3.40. The van der Waals surface area contributed by atoms with Crippen molar-refractivity contribution in [1.82, 2.24) is 4.90 Å². The van der Waals surface area contributed by atoms with E-state index in [1.54, 1.807) is 11.0 Å². The summed E-state index contributed by atoms with van der Waals surface area (Å²) in [6.45, 7) is 6.42. The standard InChI is InChI=1S/C16H24N2O/c1-4-5-6-7-8-11-18(3)16(19)15-12-14(17)10-9-13(15)2/h4,9-10,12H,1,5-8,11,17H2,2-3H3. The number of anilines is 1. The first kappa shape index (κ1) is 15.3. The molecule has 1 amide bonds. The van der Waals surface area contributed by atoms with Crippen molar-refractivity contribution in [2.24, 2.45) is 0 Å². The summed E-state index contributed by atoms with van der Waals surface area (Å²) in [4.78, 5) is 14.1. The van der Waals surface area contributed by atoms with Crippen LogP contribution in [0.5, 0.6) is 0 Å². The van der Waals surface area contributed by atoms with Gasteiger partial charge in [-0.05, 0) is 43.9 Å². The van der Waals surface area contributed by atoms with Crippen molar-refractivity contribution in [3.8, 4) is 0 Å². The first-order chi connectivity index (χ1) is 9.06. The first-order valence-corrected chi connectivity index (χ1v) is 6.78. The summed E-state index contributed by atoms with van der Waals surface area (Å²) in [7, 11) is 1.85. The molecule has 0 atom stereocenters. The van der Waals surface area contributed by atoms with Gasteiger partial charge in [0, 0.05) is 24.8 Å². The molecule has 0 fully saturated rings. The Balaban J connectivity index is 2.52. The molecule has 0 aliphatic carbocycles. The van der Waals surface area contributed by atoms with Gasteiger partial charge in [-0.2, -0.15) is 0 Å². The van der Waals surface area contributed by atoms with Crippen molar-refractivity contribution in [1.29, 1.82) is 0 Å². The molecular formula is C16H24N2O. The van der Waals surface area contributed by atoms with Gasteiger partial charge in [-0.1, -0.05) is 18.6 Å². The van der Waals surface area contributed by atoms with Crippen LogP contribution >= 0.6 is 0 Å². The third-order valence-electron chi connectivity index (χ3n) is 3.24. The molecule has 1 aromatic carbocycles. The summed E-state index contributed by atoms with van der Waals surface area (Å²) in [5.41, 5.74) is 8.05. The Hall–Kier alpha value is -1.77. The maximum absolute atomic E-state index is 12.3. The van der Waals surface area contributed by atoms with Crippen LogP contribution in [0.3, 0.4) is 0 Å². The van der Waals surface area contributed by atoms with Crippen molar-refractivity contribution >= 4 is 11.6 Å². The molecule has 3 heteroatoms. The molecule has 0 saturated carbocycles. The second-order valence-electron chi connectivity index (χ2n) is 4.94. The van der Waals surface area contributed by atoms with E-state index in [1.807, 2.05) is 32.2 Å². The minimum absolute atomic E-state index is 0.0496. The summed E-state index contributed by atoms with van der Waals surface area (Å²) < 4.78 is 0. The number of allylic oxidation sites excluding steroid dienone is 1. The zero-order valence-electron chi connectivity index (χ0n) is 12.0. The SMILES string of the molecule is C=CCCCCCN(C)C(=O)c1cc(N)ccc1C. The summed E-state index contributed by atoms with van der Waals surface area (Å²) in [5.74, 6) is 0.0496. The lowest BCUT2D eigenvalue weighted by Gasteiger charge is -2.18. The van der Waals surface area contributed by atoms with Gasteiger partial charge in [0.05, 0.1) is 0 Å². The minimum atomic E-state index is 0.0496. The molecule has 1 rings (SSSR count). The third kappa shape index (κ3) is 4.78. The molecule has 19 heavy (non-hydrogen) atoms. The smallest absolute Gasteiger partial charge is 0.253 e. The number of nitrogen functional groups attached to an aromatic ring is 1. The van der Waals surface area contributed by atoms with E-state index in [4.69, 9.17) is 5.73 Å². The number of rotatable bonds is 7. The van der Waals surface area contributed by atoms with Crippen LogP contribution in [-0.2, 0) is 0 Å². The number of unbranched alkanes of at least 4 members (excludes halogenated alkanes) is 3. The Kier molecular flexibility index (Phi) is 6.13. The van der Waals surface area contributed by atoms with E-state index in [1.165, 1.54) is 0 Å². The lowest BCUT2D eigenvalue weighted by atomic mass is 10.1. The monoisotopic (exact) mass is 260 g/mol. The van der Waals surface area contributed by atoms with Gasteiger partial charge in [-0.3, -0.25) is 4.79 Å². The lowest BCUT2D eigenvalue weighted by Crippen LogP contribution is -2.28. The maximum atomic E-state index is 12.3. The zero-order chi connectivity index (χ0) is 14.3. The van der Waals surface area contributed by atoms with Crippen LogP contribution in [0.25, 0.3) is 0 Å². The van der Waals surface area contributed by atoms with Gasteiger partial charge >= 0.3 is 0 Å². The van der Waals surface area contributed by atoms with Gasteiger partial charge in [-0.15, -0.1) is 6.58 Å². The van der Waals surface area contributed by atoms with Crippen LogP contribution in [-0.4, -0.2) is 24.4 Å². The van der Waals surface area contributed by atoms with Gasteiger partial charge < -0.3 is 10.6 Å². The van der Waals surface area contributed by atoms with Crippen LogP contribution in [0.2, 0.25) is 0 Å². The fourth-order valence-corrected chi connectivity index (χ4v) is 1.99. The van der Waals surface area contributed by atoms with Gasteiger partial charge in [0.25, 0.3) is 5.91 Å². The van der Waals surface area contributed by atoms with Crippen molar-refractivity contribution in [3.63, 3.8) is 0 Å². The van der Waals surface area contributed by atoms with Crippen LogP contribution in [0.15, 0.2) is 30.9 Å². The first-order valence-electron chi connectivity index (χ1n) is 6.78. The third-order valence-corrected chi connectivity index (χ3v) is 3.24. The molecule has 104 valence electrons. The largest absolute Gasteiger partial charge is 0.399 e. The summed E-state index contributed by atoms with van der Waals surface area (Å²) in [6.07, 6.45) is 6.27. The molecule has 1 aromatic rings. The number of aryl methyl sites for hydroxylation is 1. The van der Waals surface area contributed by atoms with E-state index in [2.05, 4.69) is 6.58 Å². The minimum Gasteiger partial charge on any atom is -0.399 e. The molecule has 2 N–H and O–H groups in total. The van der Waals surface area contributed by atoms with Crippen molar-refractivity contribution in [2.45, 2.75) is 32.6 Å². The summed E-state index contributed by atoms with van der Waals surface area (Å²) in [5, 5.41) is 0. The fourth-order valence-electron chi connectivity index (χ4n) is 1.99. The van der Waals surface area contributed by atoms with Crippen LogP contribution in [0, 0.1) is 6.92 Å². The fraction of sp³-hybridized carbons (Fsp3) is 0.438. The lowest BCUT2D eigenvalue weighted by molar-refractivity contribution is 0.0792. The van der Waals surface area contributed by atoms with Crippen molar-refractivity contribution < 1.29 is 4.79 Å². The number of amides is 1. The van der Waals surface area contributed by atoms with Gasteiger partial charge in [0.2, 0.25) is 0 Å². The zero-order valence-corrected chi connectivity index (χ0v) is 12.0. The summed E-state index contributed by atoms with van der Waals surface area (Å²) >= 11 is 0. The average Bonchev–Trinajstić information content (AvgIpc) is 2.40. The molecule has 0 aliphatic heterocycles. The van der Waals surface area contributed by atoms with Gasteiger partial charge in [0.1, 0.15) is 0 Å². The Morgan fingerprint density at radius 2 is 2.11 bits per heavy atom. The van der Waals surface area contributed by atoms with E-state index < -0.39 is 0 Å². The van der Waals surface area contributed by atoms with Crippen molar-refractivity contribution in [2.75, 3.05) is 19.3 Å². The highest BCUT2D eigenvalue weighted by molar-refractivity contribution is 5.96. The number of carbonyl (C=O) groups excluding carboxylic acids is 1. The average molecular weight is 260 g/mol. The highest BCUT2D eigenvalue weighted by Crippen LogP contribution is 2.15. The number of nitrogens with two attached hydrogens (primary N) is 1. The second kappa shape index (κ2) is 7.62. The number of hydrogen-bond donors (Lipinski definition) is 1. The number of benzene rings is 1. The van der Waals surface area contributed by atoms with E-state index in [9.17, 15) is 4.79 Å². The molecule has 0 heterocycles. The quantitative estimate of drug-likeness (QED) is 0.464.